The van der Waals surface area contributed by atoms with Crippen molar-refractivity contribution in [3.63, 3.8) is 0 Å². The average Bonchev–Trinajstić information content (AvgIpc) is 2.97. The lowest BCUT2D eigenvalue weighted by molar-refractivity contribution is -0.139. The molecule has 0 aliphatic carbocycles. The quantitative estimate of drug-likeness (QED) is 0.542. The lowest BCUT2D eigenvalue weighted by Crippen LogP contribution is -2.50. The number of hydrogen-bond acceptors (Lipinski definition) is 4. The summed E-state index contributed by atoms with van der Waals surface area (Å²) < 4.78 is 0. The Morgan fingerprint density at radius 1 is 1.16 bits per heavy atom. The van der Waals surface area contributed by atoms with Gasteiger partial charge in [-0.05, 0) is 38.5 Å². The van der Waals surface area contributed by atoms with Crippen LogP contribution in [0.25, 0.3) is 0 Å². The van der Waals surface area contributed by atoms with Gasteiger partial charge in [0.25, 0.3) is 5.91 Å². The summed E-state index contributed by atoms with van der Waals surface area (Å²) in [6.45, 7) is 3.90. The van der Waals surface area contributed by atoms with E-state index in [9.17, 15) is 19.2 Å². The van der Waals surface area contributed by atoms with Crippen LogP contribution in [0.3, 0.4) is 0 Å². The van der Waals surface area contributed by atoms with Crippen LogP contribution in [0, 0.1) is 0 Å². The monoisotopic (exact) mass is 366 g/mol. The van der Waals surface area contributed by atoms with Gasteiger partial charge in [-0.3, -0.25) is 30.0 Å². The first-order chi connectivity index (χ1) is 11.8. The molecule has 25 heavy (non-hydrogen) atoms. The van der Waals surface area contributed by atoms with Crippen molar-refractivity contribution in [1.29, 1.82) is 0 Å². The largest absolute Gasteiger partial charge is 0.346 e. The number of amides is 4. The molecule has 0 spiro atoms. The van der Waals surface area contributed by atoms with E-state index in [1.54, 1.807) is 13.8 Å². The number of hydrogen-bond donors (Lipinski definition) is 3. The van der Waals surface area contributed by atoms with E-state index in [2.05, 4.69) is 10.7 Å². The van der Waals surface area contributed by atoms with Crippen molar-refractivity contribution in [2.45, 2.75) is 32.7 Å². The maximum Gasteiger partial charge on any atom is 0.327 e. The highest BCUT2D eigenvalue weighted by atomic mass is 35.5. The van der Waals surface area contributed by atoms with Crippen LogP contribution >= 0.6 is 11.6 Å². The number of benzene rings is 1. The number of rotatable bonds is 3. The third kappa shape index (κ3) is 4.69. The molecular formula is C16H19ClN4O4. The van der Waals surface area contributed by atoms with Crippen LogP contribution in [0.4, 0.5) is 5.69 Å². The Hall–Kier alpha value is -2.61. The topological polar surface area (TPSA) is 108 Å². The molecule has 0 saturated carbocycles. The summed E-state index contributed by atoms with van der Waals surface area (Å²) in [6.07, 6.45) is 1.10. The second-order valence-corrected chi connectivity index (χ2v) is 6.28. The predicted octanol–water partition coefficient (Wildman–Crippen LogP) is 0.752. The Labute approximate surface area is 149 Å². The summed E-state index contributed by atoms with van der Waals surface area (Å²) in [7, 11) is 0. The molecule has 0 radical (unpaired) electrons. The highest BCUT2D eigenvalue weighted by Gasteiger charge is 2.26. The lowest BCUT2D eigenvalue weighted by Gasteiger charge is -2.19. The molecule has 3 N–H and O–H groups in total. The number of carbonyl (C=O) groups is 4. The van der Waals surface area contributed by atoms with E-state index in [-0.39, 0.29) is 17.5 Å². The standard InChI is InChI=1S/C16H19ClN4O4/c1-9(2)18-15(24)16(25)20-19-14(23)11-6-5-10(17)8-12(11)21-7-3-4-13(21)22/h5-6,8-9H,3-4,7H2,1-2H3,(H,18,24)(H,19,23)(H,20,25). The summed E-state index contributed by atoms with van der Waals surface area (Å²) in [5.41, 5.74) is 4.75. The molecule has 1 aliphatic rings. The molecular weight excluding hydrogens is 348 g/mol. The first kappa shape index (κ1) is 18.7. The Kier molecular flexibility index (Phi) is 5.97. The fourth-order valence-corrected chi connectivity index (χ4v) is 2.55. The molecule has 0 bridgehead atoms. The summed E-state index contributed by atoms with van der Waals surface area (Å²) >= 11 is 5.97. The van der Waals surface area contributed by atoms with Gasteiger partial charge >= 0.3 is 11.8 Å². The zero-order valence-electron chi connectivity index (χ0n) is 13.9. The van der Waals surface area contributed by atoms with Gasteiger partial charge in [-0.2, -0.15) is 0 Å². The van der Waals surface area contributed by atoms with Crippen molar-refractivity contribution in [3.8, 4) is 0 Å². The van der Waals surface area contributed by atoms with E-state index in [1.165, 1.54) is 23.1 Å². The molecule has 8 nitrogen and oxygen atoms in total. The average molecular weight is 367 g/mol. The fourth-order valence-electron chi connectivity index (χ4n) is 2.39. The van der Waals surface area contributed by atoms with Crippen LogP contribution in [-0.2, 0) is 14.4 Å². The molecule has 1 aromatic rings. The minimum absolute atomic E-state index is 0.100. The van der Waals surface area contributed by atoms with Crippen molar-refractivity contribution < 1.29 is 19.2 Å². The molecule has 0 unspecified atom stereocenters. The van der Waals surface area contributed by atoms with E-state index in [1.807, 2.05) is 5.43 Å². The normalized spacial score (nSPS) is 13.8. The van der Waals surface area contributed by atoms with Crippen LogP contribution in [0.5, 0.6) is 0 Å². The van der Waals surface area contributed by atoms with Crippen LogP contribution in [-0.4, -0.2) is 36.2 Å². The van der Waals surface area contributed by atoms with Crippen molar-refractivity contribution >= 4 is 40.9 Å². The van der Waals surface area contributed by atoms with Crippen molar-refractivity contribution in [1.82, 2.24) is 16.2 Å². The van der Waals surface area contributed by atoms with E-state index in [0.717, 1.165) is 0 Å². The van der Waals surface area contributed by atoms with Crippen LogP contribution < -0.4 is 21.1 Å². The van der Waals surface area contributed by atoms with Crippen LogP contribution in [0.2, 0.25) is 5.02 Å². The lowest BCUT2D eigenvalue weighted by atomic mass is 10.1. The third-order valence-electron chi connectivity index (χ3n) is 3.48. The zero-order chi connectivity index (χ0) is 18.6. The van der Waals surface area contributed by atoms with Gasteiger partial charge in [0.2, 0.25) is 5.91 Å². The molecule has 1 saturated heterocycles. The molecule has 9 heteroatoms. The second-order valence-electron chi connectivity index (χ2n) is 5.85. The molecule has 1 fully saturated rings. The minimum Gasteiger partial charge on any atom is -0.346 e. The fraction of sp³-hybridized carbons (Fsp3) is 0.375. The molecule has 0 atom stereocenters. The van der Waals surface area contributed by atoms with Gasteiger partial charge in [0.15, 0.2) is 0 Å². The number of nitrogens with zero attached hydrogens (tertiary/aromatic N) is 1. The summed E-state index contributed by atoms with van der Waals surface area (Å²) in [5.74, 6) is -2.61. The smallest absolute Gasteiger partial charge is 0.327 e. The Morgan fingerprint density at radius 2 is 1.88 bits per heavy atom. The van der Waals surface area contributed by atoms with Crippen molar-refractivity contribution in [3.05, 3.63) is 28.8 Å². The molecule has 134 valence electrons. The molecule has 1 aromatic carbocycles. The third-order valence-corrected chi connectivity index (χ3v) is 3.72. The Bertz CT molecular complexity index is 720. The van der Waals surface area contributed by atoms with Crippen molar-refractivity contribution in [2.75, 3.05) is 11.4 Å². The van der Waals surface area contributed by atoms with Crippen LogP contribution in [0.15, 0.2) is 18.2 Å². The number of anilines is 1. The molecule has 2 rings (SSSR count). The minimum atomic E-state index is -0.991. The summed E-state index contributed by atoms with van der Waals surface area (Å²) in [4.78, 5) is 48.9. The SMILES string of the molecule is CC(C)NC(=O)C(=O)NNC(=O)c1ccc(Cl)cc1N1CCCC1=O. The van der Waals surface area contributed by atoms with Crippen molar-refractivity contribution in [2.24, 2.45) is 0 Å². The predicted molar refractivity (Wildman–Crippen MR) is 91.9 cm³/mol. The van der Waals surface area contributed by atoms with Gasteiger partial charge < -0.3 is 10.2 Å². The van der Waals surface area contributed by atoms with Crippen LogP contribution in [0.1, 0.15) is 37.0 Å². The highest BCUT2D eigenvalue weighted by molar-refractivity contribution is 6.35. The molecule has 1 aliphatic heterocycles. The molecule has 4 amide bonds. The highest BCUT2D eigenvalue weighted by Crippen LogP contribution is 2.28. The van der Waals surface area contributed by atoms with Gasteiger partial charge in [-0.15, -0.1) is 0 Å². The first-order valence-electron chi connectivity index (χ1n) is 7.80. The number of hydrazine groups is 1. The Morgan fingerprint density at radius 3 is 2.48 bits per heavy atom. The maximum absolute atomic E-state index is 12.4. The van der Waals surface area contributed by atoms with Gasteiger partial charge in [0.05, 0.1) is 11.3 Å². The number of nitrogens with one attached hydrogen (secondary N) is 3. The van der Waals surface area contributed by atoms with E-state index in [4.69, 9.17) is 11.6 Å². The first-order valence-corrected chi connectivity index (χ1v) is 8.18. The number of carbonyl (C=O) groups excluding carboxylic acids is 4. The number of halogens is 1. The zero-order valence-corrected chi connectivity index (χ0v) is 14.6. The Balaban J connectivity index is 2.10. The maximum atomic E-state index is 12.4. The van der Waals surface area contributed by atoms with E-state index in [0.29, 0.717) is 30.1 Å². The second kappa shape index (κ2) is 7.98. The van der Waals surface area contributed by atoms with Gasteiger partial charge in [-0.1, -0.05) is 11.6 Å². The van der Waals surface area contributed by atoms with E-state index >= 15 is 0 Å². The van der Waals surface area contributed by atoms with Gasteiger partial charge in [-0.25, -0.2) is 0 Å². The summed E-state index contributed by atoms with van der Waals surface area (Å²) in [6, 6.07) is 4.28. The summed E-state index contributed by atoms with van der Waals surface area (Å²) in [5, 5.41) is 2.78. The van der Waals surface area contributed by atoms with Gasteiger partial charge in [0.1, 0.15) is 0 Å². The van der Waals surface area contributed by atoms with E-state index < -0.39 is 17.7 Å². The molecule has 0 aromatic heterocycles. The van der Waals surface area contributed by atoms with Gasteiger partial charge in [0, 0.05) is 24.0 Å². The molecule has 1 heterocycles.